The number of halogens is 4. The number of aromatic nitrogens is 2. The van der Waals surface area contributed by atoms with Crippen LogP contribution in [0.25, 0.3) is 11.3 Å². The van der Waals surface area contributed by atoms with Crippen molar-refractivity contribution in [3.05, 3.63) is 35.9 Å². The van der Waals surface area contributed by atoms with Gasteiger partial charge >= 0.3 is 0 Å². The minimum atomic E-state index is -2.85. The lowest BCUT2D eigenvalue weighted by atomic mass is 9.81. The molecule has 11 heteroatoms. The molecule has 6 rings (SSSR count). The third-order valence-corrected chi connectivity index (χ3v) is 8.89. The van der Waals surface area contributed by atoms with Crippen LogP contribution >= 0.6 is 0 Å². The molecule has 210 valence electrons. The standard InChI is InChI=1S/C28H33F4N5O2/c29-22-11-19(35-27(38)17-12-28(31,32)13-17)10-21(26(22)30)23-1-2-25(37-36-23)34-18-8-16-14-33-24(20(16)9-18)7-15-3-5-39-6-4-15/h1-2,10-11,15-18,20,24,33H,3-9,12-14H2,(H,34,37)(H,35,38)/t16-,18+,20+,24+/m1/s1. The van der Waals surface area contributed by atoms with Gasteiger partial charge in [-0.15, -0.1) is 10.2 Å². The Morgan fingerprint density at radius 3 is 2.62 bits per heavy atom. The molecular weight excluding hydrogens is 514 g/mol. The highest BCUT2D eigenvalue weighted by atomic mass is 19.3. The minimum Gasteiger partial charge on any atom is -0.381 e. The van der Waals surface area contributed by atoms with Crippen LogP contribution in [-0.2, 0) is 9.53 Å². The number of hydrogen-bond acceptors (Lipinski definition) is 6. The number of rotatable bonds is 7. The van der Waals surface area contributed by atoms with Crippen molar-refractivity contribution < 1.29 is 27.1 Å². The van der Waals surface area contributed by atoms with Gasteiger partial charge in [0, 0.05) is 61.4 Å². The monoisotopic (exact) mass is 547 g/mol. The smallest absolute Gasteiger partial charge is 0.249 e. The van der Waals surface area contributed by atoms with E-state index in [9.17, 15) is 22.4 Å². The van der Waals surface area contributed by atoms with Crippen molar-refractivity contribution in [2.75, 3.05) is 30.4 Å². The first-order valence-electron chi connectivity index (χ1n) is 13.8. The summed E-state index contributed by atoms with van der Waals surface area (Å²) in [5.41, 5.74) is -0.0810. The molecule has 4 fully saturated rings. The number of carbonyl (C=O) groups is 1. The number of ether oxygens (including phenoxy) is 1. The normalized spacial score (nSPS) is 28.6. The molecule has 4 aliphatic rings. The van der Waals surface area contributed by atoms with Crippen molar-refractivity contribution in [3.63, 3.8) is 0 Å². The molecule has 2 saturated carbocycles. The number of alkyl halides is 2. The number of nitrogens with one attached hydrogen (secondary N) is 3. The van der Waals surface area contributed by atoms with E-state index in [0.29, 0.717) is 23.7 Å². The number of anilines is 2. The zero-order valence-corrected chi connectivity index (χ0v) is 21.6. The van der Waals surface area contributed by atoms with Crippen molar-refractivity contribution in [1.82, 2.24) is 15.5 Å². The third kappa shape index (κ3) is 5.75. The molecule has 3 heterocycles. The molecule has 7 nitrogen and oxygen atoms in total. The van der Waals surface area contributed by atoms with Gasteiger partial charge in [0.25, 0.3) is 0 Å². The van der Waals surface area contributed by atoms with Crippen molar-refractivity contribution in [2.24, 2.45) is 23.7 Å². The average molecular weight is 548 g/mol. The second-order valence-corrected chi connectivity index (χ2v) is 11.6. The Balaban J connectivity index is 1.07. The van der Waals surface area contributed by atoms with Gasteiger partial charge in [-0.1, -0.05) is 0 Å². The maximum absolute atomic E-state index is 14.6. The van der Waals surface area contributed by atoms with Crippen LogP contribution in [0, 0.1) is 35.3 Å². The number of hydrogen-bond donors (Lipinski definition) is 3. The Labute approximate surface area is 224 Å². The van der Waals surface area contributed by atoms with Gasteiger partial charge in [-0.3, -0.25) is 4.79 Å². The highest BCUT2D eigenvalue weighted by Crippen LogP contribution is 2.43. The topological polar surface area (TPSA) is 88.2 Å². The van der Waals surface area contributed by atoms with E-state index >= 15 is 0 Å². The van der Waals surface area contributed by atoms with Gasteiger partial charge in [-0.05, 0) is 74.6 Å². The molecule has 1 amide bonds. The van der Waals surface area contributed by atoms with E-state index in [4.69, 9.17) is 4.74 Å². The van der Waals surface area contributed by atoms with Crippen LogP contribution in [0.3, 0.4) is 0 Å². The van der Waals surface area contributed by atoms with E-state index in [1.165, 1.54) is 12.5 Å². The highest BCUT2D eigenvalue weighted by Gasteiger charge is 2.48. The van der Waals surface area contributed by atoms with E-state index in [-0.39, 0.29) is 23.0 Å². The molecule has 2 saturated heterocycles. The van der Waals surface area contributed by atoms with Crippen molar-refractivity contribution in [3.8, 4) is 11.3 Å². The quantitative estimate of drug-likeness (QED) is 0.423. The van der Waals surface area contributed by atoms with E-state index in [1.54, 1.807) is 12.1 Å². The molecule has 0 radical (unpaired) electrons. The summed E-state index contributed by atoms with van der Waals surface area (Å²) in [6.07, 6.45) is 4.45. The molecule has 2 aromatic rings. The van der Waals surface area contributed by atoms with E-state index in [0.717, 1.165) is 57.4 Å². The van der Waals surface area contributed by atoms with Crippen molar-refractivity contribution >= 4 is 17.4 Å². The molecule has 2 aliphatic carbocycles. The van der Waals surface area contributed by atoms with E-state index in [1.807, 2.05) is 0 Å². The van der Waals surface area contributed by atoms with Crippen LogP contribution in [0.1, 0.15) is 44.9 Å². The molecule has 4 atom stereocenters. The van der Waals surface area contributed by atoms with Gasteiger partial charge in [0.1, 0.15) is 5.82 Å². The molecule has 0 unspecified atom stereocenters. The Bertz CT molecular complexity index is 1200. The van der Waals surface area contributed by atoms with E-state index < -0.39 is 42.2 Å². The summed E-state index contributed by atoms with van der Waals surface area (Å²) in [4.78, 5) is 12.2. The SMILES string of the molecule is O=C(Nc1cc(F)c(F)c(-c2ccc(N[C@H]3C[C@@H]4CN[C@@H](CC5CCOCC5)[C@H]4C3)nn2)c1)C1CC(F)(F)C1. The maximum Gasteiger partial charge on any atom is 0.249 e. The number of carbonyl (C=O) groups excluding carboxylic acids is 1. The molecule has 1 aromatic carbocycles. The minimum absolute atomic E-state index is 0.0190. The van der Waals surface area contributed by atoms with Crippen LogP contribution < -0.4 is 16.0 Å². The zero-order chi connectivity index (χ0) is 27.1. The summed E-state index contributed by atoms with van der Waals surface area (Å²) in [6.45, 7) is 2.76. The summed E-state index contributed by atoms with van der Waals surface area (Å²) in [5, 5.41) is 17.9. The Morgan fingerprint density at radius 1 is 1.10 bits per heavy atom. The fourth-order valence-corrected chi connectivity index (χ4v) is 6.76. The lowest BCUT2D eigenvalue weighted by Crippen LogP contribution is -2.42. The first-order valence-corrected chi connectivity index (χ1v) is 13.8. The summed E-state index contributed by atoms with van der Waals surface area (Å²) >= 11 is 0. The summed E-state index contributed by atoms with van der Waals surface area (Å²) in [6, 6.07) is 6.12. The number of amides is 1. The predicted octanol–water partition coefficient (Wildman–Crippen LogP) is 5.00. The maximum atomic E-state index is 14.6. The largest absolute Gasteiger partial charge is 0.381 e. The Morgan fingerprint density at radius 2 is 1.90 bits per heavy atom. The van der Waals surface area contributed by atoms with Crippen LogP contribution in [0.2, 0.25) is 0 Å². The van der Waals surface area contributed by atoms with Gasteiger partial charge in [-0.2, -0.15) is 0 Å². The number of benzene rings is 1. The number of nitrogens with zero attached hydrogens (tertiary/aromatic N) is 2. The second-order valence-electron chi connectivity index (χ2n) is 11.6. The van der Waals surface area contributed by atoms with Crippen LogP contribution in [0.4, 0.5) is 29.1 Å². The van der Waals surface area contributed by atoms with Crippen LogP contribution in [0.15, 0.2) is 24.3 Å². The Hall–Kier alpha value is -2.79. The first kappa shape index (κ1) is 26.4. The third-order valence-electron chi connectivity index (χ3n) is 8.89. The van der Waals surface area contributed by atoms with Gasteiger partial charge < -0.3 is 20.7 Å². The van der Waals surface area contributed by atoms with Gasteiger partial charge in [-0.25, -0.2) is 17.6 Å². The lowest BCUT2D eigenvalue weighted by Gasteiger charge is -2.33. The molecule has 0 spiro atoms. The zero-order valence-electron chi connectivity index (χ0n) is 21.6. The molecule has 3 N–H and O–H groups in total. The molecule has 2 aliphatic heterocycles. The summed E-state index contributed by atoms with van der Waals surface area (Å²) in [7, 11) is 0. The Kier molecular flexibility index (Phi) is 7.22. The average Bonchev–Trinajstić information content (AvgIpc) is 3.46. The van der Waals surface area contributed by atoms with Crippen molar-refractivity contribution in [1.29, 1.82) is 0 Å². The predicted molar refractivity (Wildman–Crippen MR) is 137 cm³/mol. The number of fused-ring (bicyclic) bond motifs is 1. The fraction of sp³-hybridized carbons (Fsp3) is 0.607. The molecule has 0 bridgehead atoms. The summed E-state index contributed by atoms with van der Waals surface area (Å²) < 4.78 is 60.6. The van der Waals surface area contributed by atoms with Crippen molar-refractivity contribution in [2.45, 2.75) is 63.0 Å². The molecule has 1 aromatic heterocycles. The second kappa shape index (κ2) is 10.6. The van der Waals surface area contributed by atoms with Gasteiger partial charge in [0.2, 0.25) is 11.8 Å². The molecule has 39 heavy (non-hydrogen) atoms. The molecular formula is C28H33F4N5O2. The van der Waals surface area contributed by atoms with Gasteiger partial charge in [0.05, 0.1) is 5.69 Å². The lowest BCUT2D eigenvalue weighted by molar-refractivity contribution is -0.145. The van der Waals surface area contributed by atoms with Gasteiger partial charge in [0.15, 0.2) is 11.6 Å². The van der Waals surface area contributed by atoms with Crippen LogP contribution in [-0.4, -0.2) is 53.9 Å². The fourth-order valence-electron chi connectivity index (χ4n) is 6.76. The summed E-state index contributed by atoms with van der Waals surface area (Å²) in [5.74, 6) is -4.11. The van der Waals surface area contributed by atoms with Crippen LogP contribution in [0.5, 0.6) is 0 Å². The highest BCUT2D eigenvalue weighted by molar-refractivity contribution is 5.94. The van der Waals surface area contributed by atoms with E-state index in [2.05, 4.69) is 26.1 Å². The first-order chi connectivity index (χ1) is 18.7.